The molecule has 1 aromatic heterocycles. The minimum atomic E-state index is -2.48. The highest BCUT2D eigenvalue weighted by atomic mass is 19.3. The van der Waals surface area contributed by atoms with Gasteiger partial charge in [-0.2, -0.15) is 0 Å². The second kappa shape index (κ2) is 3.79. The van der Waals surface area contributed by atoms with Crippen molar-refractivity contribution in [1.82, 2.24) is 9.55 Å². The Morgan fingerprint density at radius 1 is 1.60 bits per heavy atom. The number of imidazole rings is 1. The molecule has 2 rings (SSSR count). The van der Waals surface area contributed by atoms with Gasteiger partial charge in [0.05, 0.1) is 6.33 Å². The summed E-state index contributed by atoms with van der Waals surface area (Å²) in [7, 11) is 0. The number of anilines is 1. The number of alkyl halides is 2. The van der Waals surface area contributed by atoms with Gasteiger partial charge in [0, 0.05) is 25.6 Å². The SMILES string of the molecule is Nc1cn(CC2CCCC(F)(F)C2)cn1. The van der Waals surface area contributed by atoms with Crippen LogP contribution in [0.2, 0.25) is 0 Å². The molecular formula is C10H15F2N3. The van der Waals surface area contributed by atoms with Crippen molar-refractivity contribution in [3.05, 3.63) is 12.5 Å². The number of aromatic nitrogens is 2. The number of nitrogen functional groups attached to an aromatic ring is 1. The van der Waals surface area contributed by atoms with Gasteiger partial charge in [-0.3, -0.25) is 0 Å². The Kier molecular flexibility index (Phi) is 2.63. The highest BCUT2D eigenvalue weighted by Crippen LogP contribution is 2.37. The summed E-state index contributed by atoms with van der Waals surface area (Å²) in [4.78, 5) is 3.87. The van der Waals surface area contributed by atoms with E-state index in [1.165, 1.54) is 0 Å². The molecule has 0 bridgehead atoms. The maximum absolute atomic E-state index is 13.1. The first-order chi connectivity index (χ1) is 7.05. The fourth-order valence-electron chi connectivity index (χ4n) is 2.21. The molecule has 84 valence electrons. The molecule has 15 heavy (non-hydrogen) atoms. The second-order valence-electron chi connectivity index (χ2n) is 4.31. The minimum absolute atomic E-state index is 0.00884. The largest absolute Gasteiger partial charge is 0.382 e. The predicted molar refractivity (Wildman–Crippen MR) is 53.5 cm³/mol. The lowest BCUT2D eigenvalue weighted by Gasteiger charge is -2.28. The van der Waals surface area contributed by atoms with Crippen LogP contribution in [0.25, 0.3) is 0 Å². The van der Waals surface area contributed by atoms with Gasteiger partial charge in [-0.05, 0) is 18.8 Å². The Balaban J connectivity index is 1.95. The fraction of sp³-hybridized carbons (Fsp3) is 0.700. The molecule has 2 N–H and O–H groups in total. The molecule has 0 saturated heterocycles. The Morgan fingerprint density at radius 3 is 3.00 bits per heavy atom. The summed E-state index contributed by atoms with van der Waals surface area (Å²) >= 11 is 0. The molecule has 1 fully saturated rings. The molecule has 1 saturated carbocycles. The molecular weight excluding hydrogens is 200 g/mol. The quantitative estimate of drug-likeness (QED) is 0.822. The summed E-state index contributed by atoms with van der Waals surface area (Å²) in [5.74, 6) is -1.99. The van der Waals surface area contributed by atoms with Crippen molar-refractivity contribution in [3.63, 3.8) is 0 Å². The monoisotopic (exact) mass is 215 g/mol. The summed E-state index contributed by atoms with van der Waals surface area (Å²) in [5.41, 5.74) is 5.46. The molecule has 0 radical (unpaired) electrons. The van der Waals surface area contributed by atoms with E-state index in [0.717, 1.165) is 6.42 Å². The Hall–Kier alpha value is -1.13. The third-order valence-electron chi connectivity index (χ3n) is 2.86. The predicted octanol–water partition coefficient (Wildman–Crippen LogP) is 2.29. The van der Waals surface area contributed by atoms with Crippen LogP contribution in [0, 0.1) is 5.92 Å². The maximum atomic E-state index is 13.1. The van der Waals surface area contributed by atoms with Crippen molar-refractivity contribution < 1.29 is 8.78 Å². The van der Waals surface area contributed by atoms with Crippen LogP contribution in [-0.2, 0) is 6.54 Å². The first kappa shape index (κ1) is 10.4. The lowest BCUT2D eigenvalue weighted by molar-refractivity contribution is -0.0547. The van der Waals surface area contributed by atoms with Crippen LogP contribution in [0.5, 0.6) is 0 Å². The van der Waals surface area contributed by atoms with Gasteiger partial charge >= 0.3 is 0 Å². The second-order valence-corrected chi connectivity index (χ2v) is 4.31. The summed E-state index contributed by atoms with van der Waals surface area (Å²) < 4.78 is 28.0. The van der Waals surface area contributed by atoms with Crippen molar-refractivity contribution in [1.29, 1.82) is 0 Å². The normalized spacial score (nSPS) is 25.3. The summed E-state index contributed by atoms with van der Waals surface area (Å²) in [6.45, 7) is 0.597. The molecule has 1 unspecified atom stereocenters. The molecule has 5 heteroatoms. The number of hydrogen-bond acceptors (Lipinski definition) is 2. The van der Waals surface area contributed by atoms with Gasteiger partial charge in [-0.25, -0.2) is 13.8 Å². The first-order valence-corrected chi connectivity index (χ1v) is 5.20. The molecule has 0 aromatic carbocycles. The van der Waals surface area contributed by atoms with E-state index >= 15 is 0 Å². The van der Waals surface area contributed by atoms with Gasteiger partial charge in [0.1, 0.15) is 5.82 Å². The molecule has 0 amide bonds. The summed E-state index contributed by atoms with van der Waals surface area (Å²) in [6, 6.07) is 0. The van der Waals surface area contributed by atoms with Gasteiger partial charge in [0.15, 0.2) is 0 Å². The van der Waals surface area contributed by atoms with Gasteiger partial charge in [0.2, 0.25) is 5.92 Å². The molecule has 0 aliphatic heterocycles. The van der Waals surface area contributed by atoms with E-state index in [4.69, 9.17) is 5.73 Å². The molecule has 1 heterocycles. The zero-order valence-electron chi connectivity index (χ0n) is 8.50. The van der Waals surface area contributed by atoms with Crippen LogP contribution < -0.4 is 5.73 Å². The van der Waals surface area contributed by atoms with Crippen LogP contribution >= 0.6 is 0 Å². The van der Waals surface area contributed by atoms with Crippen molar-refractivity contribution in [2.24, 2.45) is 5.92 Å². The van der Waals surface area contributed by atoms with E-state index in [2.05, 4.69) is 4.98 Å². The molecule has 0 spiro atoms. The molecule has 1 atom stereocenters. The van der Waals surface area contributed by atoms with Crippen molar-refractivity contribution in [2.45, 2.75) is 38.2 Å². The van der Waals surface area contributed by atoms with Gasteiger partial charge in [-0.15, -0.1) is 0 Å². The van der Waals surface area contributed by atoms with E-state index in [1.54, 1.807) is 17.1 Å². The van der Waals surface area contributed by atoms with Crippen LogP contribution in [0.3, 0.4) is 0 Å². The number of nitrogens with two attached hydrogens (primary N) is 1. The average molecular weight is 215 g/mol. The highest BCUT2D eigenvalue weighted by Gasteiger charge is 2.36. The van der Waals surface area contributed by atoms with Crippen LogP contribution in [0.1, 0.15) is 25.7 Å². The van der Waals surface area contributed by atoms with E-state index < -0.39 is 5.92 Å². The number of rotatable bonds is 2. The number of nitrogens with zero attached hydrogens (tertiary/aromatic N) is 2. The third kappa shape index (κ3) is 2.67. The van der Waals surface area contributed by atoms with E-state index in [-0.39, 0.29) is 18.8 Å². The van der Waals surface area contributed by atoms with E-state index in [9.17, 15) is 8.78 Å². The van der Waals surface area contributed by atoms with Crippen molar-refractivity contribution >= 4 is 5.82 Å². The summed E-state index contributed by atoms with van der Waals surface area (Å²) in [5, 5.41) is 0. The molecule has 1 aliphatic rings. The molecule has 1 aromatic rings. The fourth-order valence-corrected chi connectivity index (χ4v) is 2.21. The highest BCUT2D eigenvalue weighted by molar-refractivity contribution is 5.22. The number of hydrogen-bond donors (Lipinski definition) is 1. The topological polar surface area (TPSA) is 43.8 Å². The van der Waals surface area contributed by atoms with Crippen LogP contribution in [0.4, 0.5) is 14.6 Å². The molecule has 3 nitrogen and oxygen atoms in total. The smallest absolute Gasteiger partial charge is 0.248 e. The Morgan fingerprint density at radius 2 is 2.40 bits per heavy atom. The third-order valence-corrected chi connectivity index (χ3v) is 2.86. The van der Waals surface area contributed by atoms with Gasteiger partial charge in [0.25, 0.3) is 0 Å². The maximum Gasteiger partial charge on any atom is 0.248 e. The minimum Gasteiger partial charge on any atom is -0.382 e. The lowest BCUT2D eigenvalue weighted by Crippen LogP contribution is -2.28. The van der Waals surface area contributed by atoms with E-state index in [1.807, 2.05) is 0 Å². The molecule has 1 aliphatic carbocycles. The number of halogens is 2. The zero-order chi connectivity index (χ0) is 10.9. The first-order valence-electron chi connectivity index (χ1n) is 5.20. The summed E-state index contributed by atoms with van der Waals surface area (Å²) in [6.07, 6.45) is 4.80. The average Bonchev–Trinajstić information content (AvgIpc) is 2.49. The van der Waals surface area contributed by atoms with E-state index in [0.29, 0.717) is 18.8 Å². The Labute approximate surface area is 87.3 Å². The Bertz CT molecular complexity index is 335. The zero-order valence-corrected chi connectivity index (χ0v) is 8.50. The van der Waals surface area contributed by atoms with Crippen LogP contribution in [-0.4, -0.2) is 15.5 Å². The van der Waals surface area contributed by atoms with Crippen molar-refractivity contribution in [3.8, 4) is 0 Å². The van der Waals surface area contributed by atoms with Crippen LogP contribution in [0.15, 0.2) is 12.5 Å². The van der Waals surface area contributed by atoms with Gasteiger partial charge < -0.3 is 10.3 Å². The standard InChI is InChI=1S/C10H15F2N3/c11-10(12)3-1-2-8(4-10)5-15-6-9(13)14-7-15/h6-8H,1-5,13H2. The van der Waals surface area contributed by atoms with Gasteiger partial charge in [-0.1, -0.05) is 0 Å². The van der Waals surface area contributed by atoms with Crippen molar-refractivity contribution in [2.75, 3.05) is 5.73 Å². The lowest BCUT2D eigenvalue weighted by atomic mass is 9.86.